The summed E-state index contributed by atoms with van der Waals surface area (Å²) in [4.78, 5) is 19.9. The SMILES string of the molecule is CCn1cc(/C=C2\Oc3c(cc4c(c3C)OCN(Cc3ccccn3)C4)C2=O)c2ccccc21. The molecule has 0 fully saturated rings. The zero-order chi connectivity index (χ0) is 23.2. The summed E-state index contributed by atoms with van der Waals surface area (Å²) in [7, 11) is 0. The molecule has 0 atom stereocenters. The largest absolute Gasteiger partial charge is 0.477 e. The van der Waals surface area contributed by atoms with Crippen molar-refractivity contribution in [2.45, 2.75) is 33.5 Å². The van der Waals surface area contributed by atoms with E-state index in [1.165, 1.54) is 0 Å². The Labute approximate surface area is 198 Å². The van der Waals surface area contributed by atoms with Gasteiger partial charge in [0.1, 0.15) is 18.2 Å². The molecule has 0 unspecified atom stereocenters. The van der Waals surface area contributed by atoms with Gasteiger partial charge in [-0.15, -0.1) is 0 Å². The molecule has 0 bridgehead atoms. The number of hydrogen-bond donors (Lipinski definition) is 0. The first-order chi connectivity index (χ1) is 16.6. The lowest BCUT2D eigenvalue weighted by atomic mass is 10.00. The molecular weight excluding hydrogens is 426 g/mol. The first-order valence-electron chi connectivity index (χ1n) is 11.6. The van der Waals surface area contributed by atoms with Gasteiger partial charge in [-0.25, -0.2) is 0 Å². The monoisotopic (exact) mass is 451 g/mol. The molecule has 2 aliphatic rings. The molecule has 0 amide bonds. The molecule has 0 N–H and O–H groups in total. The number of benzene rings is 2. The molecule has 4 heterocycles. The second kappa shape index (κ2) is 8.15. The summed E-state index contributed by atoms with van der Waals surface area (Å²) in [6.45, 7) is 6.78. The number of rotatable bonds is 4. The molecule has 2 aromatic heterocycles. The van der Waals surface area contributed by atoms with Crippen molar-refractivity contribution < 1.29 is 14.3 Å². The predicted octanol–water partition coefficient (Wildman–Crippen LogP) is 5.33. The molecule has 0 radical (unpaired) electrons. The minimum Gasteiger partial charge on any atom is -0.477 e. The average Bonchev–Trinajstić information content (AvgIpc) is 3.38. The molecule has 2 aliphatic heterocycles. The van der Waals surface area contributed by atoms with Crippen molar-refractivity contribution in [1.29, 1.82) is 0 Å². The number of fused-ring (bicyclic) bond motifs is 3. The van der Waals surface area contributed by atoms with Crippen LogP contribution in [0.3, 0.4) is 0 Å². The Morgan fingerprint density at radius 1 is 1.12 bits per heavy atom. The van der Waals surface area contributed by atoms with Crippen LogP contribution in [0.4, 0.5) is 0 Å². The number of Topliss-reactive ketones (excluding diaryl/α,β-unsaturated/α-hetero) is 1. The molecule has 0 saturated carbocycles. The fraction of sp³-hybridized carbons (Fsp3) is 0.214. The maximum absolute atomic E-state index is 13.4. The van der Waals surface area contributed by atoms with Gasteiger partial charge in [0.05, 0.1) is 11.3 Å². The summed E-state index contributed by atoms with van der Waals surface area (Å²) < 4.78 is 14.4. The van der Waals surface area contributed by atoms with Gasteiger partial charge >= 0.3 is 0 Å². The van der Waals surface area contributed by atoms with E-state index in [4.69, 9.17) is 9.47 Å². The van der Waals surface area contributed by atoms with Crippen molar-refractivity contribution in [3.8, 4) is 11.5 Å². The van der Waals surface area contributed by atoms with Crippen LogP contribution in [0.2, 0.25) is 0 Å². The summed E-state index contributed by atoms with van der Waals surface area (Å²) in [5.74, 6) is 1.68. The number of allylic oxidation sites excluding steroid dienone is 1. The lowest BCUT2D eigenvalue weighted by Crippen LogP contribution is -2.32. The molecule has 0 saturated heterocycles. The molecule has 170 valence electrons. The number of carbonyl (C=O) groups is 1. The summed E-state index contributed by atoms with van der Waals surface area (Å²) in [5.41, 5.74) is 5.59. The van der Waals surface area contributed by atoms with E-state index < -0.39 is 0 Å². The van der Waals surface area contributed by atoms with Crippen LogP contribution in [0, 0.1) is 6.92 Å². The summed E-state index contributed by atoms with van der Waals surface area (Å²) in [6, 6.07) is 16.1. The van der Waals surface area contributed by atoms with Crippen LogP contribution in [0.1, 0.15) is 39.7 Å². The van der Waals surface area contributed by atoms with E-state index >= 15 is 0 Å². The normalized spacial score (nSPS) is 16.4. The zero-order valence-electron chi connectivity index (χ0n) is 19.2. The van der Waals surface area contributed by atoms with E-state index in [1.807, 2.05) is 49.4 Å². The highest BCUT2D eigenvalue weighted by molar-refractivity contribution is 6.15. The fourth-order valence-electron chi connectivity index (χ4n) is 4.91. The van der Waals surface area contributed by atoms with Crippen molar-refractivity contribution in [3.63, 3.8) is 0 Å². The molecule has 6 heteroatoms. The van der Waals surface area contributed by atoms with E-state index in [0.717, 1.165) is 45.6 Å². The molecule has 6 nitrogen and oxygen atoms in total. The highest BCUT2D eigenvalue weighted by Gasteiger charge is 2.33. The van der Waals surface area contributed by atoms with Gasteiger partial charge < -0.3 is 14.0 Å². The lowest BCUT2D eigenvalue weighted by Gasteiger charge is -2.30. The minimum atomic E-state index is -0.0870. The van der Waals surface area contributed by atoms with Gasteiger partial charge in [-0.05, 0) is 44.2 Å². The third-order valence-corrected chi connectivity index (χ3v) is 6.56. The lowest BCUT2D eigenvalue weighted by molar-refractivity contribution is 0.0865. The van der Waals surface area contributed by atoms with E-state index in [-0.39, 0.29) is 5.78 Å². The van der Waals surface area contributed by atoms with Gasteiger partial charge in [-0.1, -0.05) is 24.3 Å². The molecular formula is C28H25N3O3. The fourth-order valence-corrected chi connectivity index (χ4v) is 4.91. The smallest absolute Gasteiger partial charge is 0.231 e. The van der Waals surface area contributed by atoms with Gasteiger partial charge in [0.15, 0.2) is 5.76 Å². The van der Waals surface area contributed by atoms with Crippen LogP contribution in [0.5, 0.6) is 11.5 Å². The molecule has 2 aromatic carbocycles. The number of ketones is 1. The summed E-state index contributed by atoms with van der Waals surface area (Å²) >= 11 is 0. The van der Waals surface area contributed by atoms with Gasteiger partial charge in [0, 0.05) is 59.6 Å². The van der Waals surface area contributed by atoms with Crippen LogP contribution >= 0.6 is 0 Å². The quantitative estimate of drug-likeness (QED) is 0.393. The second-order valence-electron chi connectivity index (χ2n) is 8.78. The van der Waals surface area contributed by atoms with Crippen LogP contribution in [0.25, 0.3) is 17.0 Å². The molecule has 0 spiro atoms. The highest BCUT2D eigenvalue weighted by atomic mass is 16.5. The number of nitrogens with zero attached hydrogens (tertiary/aromatic N) is 3. The maximum atomic E-state index is 13.4. The van der Waals surface area contributed by atoms with E-state index in [1.54, 1.807) is 6.20 Å². The van der Waals surface area contributed by atoms with Crippen molar-refractivity contribution in [1.82, 2.24) is 14.5 Å². The Morgan fingerprint density at radius 3 is 2.79 bits per heavy atom. The van der Waals surface area contributed by atoms with Crippen LogP contribution in [-0.2, 0) is 19.6 Å². The average molecular weight is 452 g/mol. The van der Waals surface area contributed by atoms with Gasteiger partial charge in [0.25, 0.3) is 0 Å². The first-order valence-corrected chi connectivity index (χ1v) is 11.6. The second-order valence-corrected chi connectivity index (χ2v) is 8.78. The minimum absolute atomic E-state index is 0.0870. The molecule has 6 rings (SSSR count). The standard InChI is InChI=1S/C28H25N3O3/c1-3-31-15-19(22-9-4-5-10-24(22)31)13-25-26(32)23-12-20-14-30(16-21-8-6-7-11-29-21)17-33-27(20)18(2)28(23)34-25/h4-13,15H,3,14,16-17H2,1-2H3/b25-13-. The summed E-state index contributed by atoms with van der Waals surface area (Å²) in [5, 5.41) is 1.11. The Bertz CT molecular complexity index is 1450. The predicted molar refractivity (Wildman–Crippen MR) is 131 cm³/mol. The van der Waals surface area contributed by atoms with Crippen LogP contribution < -0.4 is 9.47 Å². The number of ether oxygens (including phenoxy) is 2. The number of carbonyl (C=O) groups excluding carboxylic acids is 1. The third kappa shape index (κ3) is 3.38. The number of pyridine rings is 1. The Morgan fingerprint density at radius 2 is 1.97 bits per heavy atom. The zero-order valence-corrected chi connectivity index (χ0v) is 19.2. The first kappa shape index (κ1) is 20.7. The molecule has 4 aromatic rings. The Hall–Kier alpha value is -3.90. The van der Waals surface area contributed by atoms with E-state index in [9.17, 15) is 4.79 Å². The third-order valence-electron chi connectivity index (χ3n) is 6.56. The number of para-hydroxylation sites is 1. The van der Waals surface area contributed by atoms with Gasteiger partial charge in [-0.3, -0.25) is 14.7 Å². The maximum Gasteiger partial charge on any atom is 0.231 e. The van der Waals surface area contributed by atoms with Crippen molar-refractivity contribution in [2.75, 3.05) is 6.73 Å². The van der Waals surface area contributed by atoms with Crippen molar-refractivity contribution in [3.05, 3.63) is 94.6 Å². The molecule has 34 heavy (non-hydrogen) atoms. The van der Waals surface area contributed by atoms with Crippen LogP contribution in [0.15, 0.2) is 66.7 Å². The van der Waals surface area contributed by atoms with Gasteiger partial charge in [0.2, 0.25) is 5.78 Å². The number of aryl methyl sites for hydroxylation is 1. The van der Waals surface area contributed by atoms with E-state index in [0.29, 0.717) is 36.9 Å². The Balaban J connectivity index is 1.33. The topological polar surface area (TPSA) is 56.6 Å². The number of aromatic nitrogens is 2. The molecule has 0 aliphatic carbocycles. The van der Waals surface area contributed by atoms with Gasteiger partial charge in [-0.2, -0.15) is 0 Å². The van der Waals surface area contributed by atoms with Crippen LogP contribution in [-0.4, -0.2) is 27.0 Å². The highest BCUT2D eigenvalue weighted by Crippen LogP contribution is 2.43. The van der Waals surface area contributed by atoms with Crippen molar-refractivity contribution >= 4 is 22.8 Å². The number of hydrogen-bond acceptors (Lipinski definition) is 5. The van der Waals surface area contributed by atoms with E-state index in [2.05, 4.69) is 39.7 Å². The van der Waals surface area contributed by atoms with Crippen molar-refractivity contribution in [2.24, 2.45) is 0 Å². The summed E-state index contributed by atoms with van der Waals surface area (Å²) in [6.07, 6.45) is 5.74. The Kier molecular flexibility index (Phi) is 4.96.